The number of hydrogen-bond acceptors (Lipinski definition) is 4. The maximum Gasteiger partial charge on any atom is 0.352 e. The lowest BCUT2D eigenvalue weighted by Gasteiger charge is -2.47. The molecule has 15 heavy (non-hydrogen) atoms. The summed E-state index contributed by atoms with van der Waals surface area (Å²) in [4.78, 5) is 23.3. The van der Waals surface area contributed by atoms with Gasteiger partial charge in [0.25, 0.3) is 0 Å². The second kappa shape index (κ2) is 3.49. The van der Waals surface area contributed by atoms with E-state index in [1.54, 1.807) is 0 Å². The van der Waals surface area contributed by atoms with E-state index < -0.39 is 24.6 Å². The number of nitrogens with two attached hydrogens (primary N) is 1. The molecular weight excluding hydrogens is 223 g/mol. The molecule has 1 unspecified atom stereocenters. The number of carbonyl (C=O) groups is 2. The smallest absolute Gasteiger partial charge is 0.352 e. The molecule has 1 fully saturated rings. The van der Waals surface area contributed by atoms with Gasteiger partial charge in [-0.3, -0.25) is 9.69 Å². The summed E-state index contributed by atoms with van der Waals surface area (Å²) in [7, 11) is 0. The molecule has 0 aromatic carbocycles. The Morgan fingerprint density at radius 1 is 1.73 bits per heavy atom. The molecule has 0 saturated carbocycles. The molecule has 3 N–H and O–H groups in total. The van der Waals surface area contributed by atoms with Crippen molar-refractivity contribution in [2.75, 3.05) is 12.4 Å². The van der Waals surface area contributed by atoms with E-state index in [1.165, 1.54) is 11.8 Å². The summed E-state index contributed by atoms with van der Waals surface area (Å²) in [5.74, 6) is -1.44. The standard InChI is InChI=1S/C8H9FN2O3S/c9-1-3-2-15-7-4(10)6(12)11(7)5(3)8(13)14/h4,7H,1-2,10H2,(H,13,14)/t4?,7-/m0/s1. The van der Waals surface area contributed by atoms with Gasteiger partial charge < -0.3 is 10.8 Å². The van der Waals surface area contributed by atoms with Crippen molar-refractivity contribution in [1.82, 2.24) is 4.90 Å². The summed E-state index contributed by atoms with van der Waals surface area (Å²) in [6, 6.07) is -0.662. The van der Waals surface area contributed by atoms with Crippen LogP contribution in [0.5, 0.6) is 0 Å². The Morgan fingerprint density at radius 2 is 2.40 bits per heavy atom. The van der Waals surface area contributed by atoms with Crippen LogP contribution in [0, 0.1) is 0 Å². The Bertz CT molecular complexity index is 371. The lowest BCUT2D eigenvalue weighted by atomic mass is 10.0. The SMILES string of the molecule is NC1C(=O)N2C(C(=O)O)=C(CF)CS[C@@H]12. The van der Waals surface area contributed by atoms with Gasteiger partial charge in [-0.05, 0) is 0 Å². The van der Waals surface area contributed by atoms with Crippen molar-refractivity contribution in [3.63, 3.8) is 0 Å². The van der Waals surface area contributed by atoms with E-state index in [0.29, 0.717) is 0 Å². The van der Waals surface area contributed by atoms with Gasteiger partial charge in [-0.25, -0.2) is 9.18 Å². The van der Waals surface area contributed by atoms with Crippen molar-refractivity contribution < 1.29 is 19.1 Å². The predicted molar refractivity (Wildman–Crippen MR) is 51.7 cm³/mol. The van der Waals surface area contributed by atoms with E-state index in [4.69, 9.17) is 10.8 Å². The van der Waals surface area contributed by atoms with Crippen LogP contribution in [-0.2, 0) is 9.59 Å². The number of β-lactam (4-membered cyclic amide) rings is 1. The van der Waals surface area contributed by atoms with E-state index in [9.17, 15) is 14.0 Å². The van der Waals surface area contributed by atoms with Gasteiger partial charge in [0, 0.05) is 11.3 Å². The highest BCUT2D eigenvalue weighted by molar-refractivity contribution is 8.00. The maximum atomic E-state index is 12.5. The van der Waals surface area contributed by atoms with Crippen molar-refractivity contribution in [2.24, 2.45) is 5.73 Å². The highest BCUT2D eigenvalue weighted by Gasteiger charge is 2.51. The number of fused-ring (bicyclic) bond motifs is 1. The predicted octanol–water partition coefficient (Wildman–Crippen LogP) is -0.463. The van der Waals surface area contributed by atoms with E-state index in [0.717, 1.165) is 4.90 Å². The van der Waals surface area contributed by atoms with E-state index in [1.807, 2.05) is 0 Å². The Hall–Kier alpha value is -1.08. The molecule has 82 valence electrons. The molecule has 0 bridgehead atoms. The Morgan fingerprint density at radius 3 is 2.93 bits per heavy atom. The Labute approximate surface area is 89.1 Å². The molecule has 0 aromatic rings. The third kappa shape index (κ3) is 1.34. The van der Waals surface area contributed by atoms with Gasteiger partial charge in [0.05, 0.1) is 0 Å². The van der Waals surface area contributed by atoms with Crippen molar-refractivity contribution >= 4 is 23.6 Å². The first-order valence-corrected chi connectivity index (χ1v) is 5.34. The van der Waals surface area contributed by atoms with Gasteiger partial charge in [0.15, 0.2) is 0 Å². The second-order valence-electron chi connectivity index (χ2n) is 3.33. The topological polar surface area (TPSA) is 83.6 Å². The number of thioether (sulfide) groups is 1. The van der Waals surface area contributed by atoms with Crippen LogP contribution < -0.4 is 5.73 Å². The van der Waals surface area contributed by atoms with Crippen LogP contribution in [0.15, 0.2) is 11.3 Å². The zero-order valence-electron chi connectivity index (χ0n) is 7.64. The molecule has 0 aromatic heterocycles. The average molecular weight is 232 g/mol. The molecule has 2 aliphatic rings. The van der Waals surface area contributed by atoms with E-state index >= 15 is 0 Å². The summed E-state index contributed by atoms with van der Waals surface area (Å²) < 4.78 is 12.5. The van der Waals surface area contributed by atoms with Crippen molar-refractivity contribution in [1.29, 1.82) is 0 Å². The summed E-state index contributed by atoms with van der Waals surface area (Å²) in [6.45, 7) is -0.847. The molecule has 1 saturated heterocycles. The molecule has 2 rings (SSSR count). The molecule has 0 radical (unpaired) electrons. The largest absolute Gasteiger partial charge is 0.477 e. The molecule has 0 aliphatic carbocycles. The first-order chi connectivity index (χ1) is 7.07. The number of carbonyl (C=O) groups excluding carboxylic acids is 1. The van der Waals surface area contributed by atoms with Crippen LogP contribution in [-0.4, -0.2) is 45.7 Å². The highest BCUT2D eigenvalue weighted by Crippen LogP contribution is 2.39. The maximum absolute atomic E-state index is 12.5. The molecule has 0 spiro atoms. The van der Waals surface area contributed by atoms with Crippen LogP contribution in [0.2, 0.25) is 0 Å². The Balaban J connectivity index is 2.38. The van der Waals surface area contributed by atoms with Gasteiger partial charge >= 0.3 is 5.97 Å². The minimum atomic E-state index is -1.27. The van der Waals surface area contributed by atoms with Crippen LogP contribution in [0.4, 0.5) is 4.39 Å². The van der Waals surface area contributed by atoms with Crippen LogP contribution in [0.3, 0.4) is 0 Å². The average Bonchev–Trinajstić information content (AvgIpc) is 2.25. The van der Waals surface area contributed by atoms with E-state index in [-0.39, 0.29) is 22.4 Å². The first-order valence-electron chi connectivity index (χ1n) is 4.29. The van der Waals surface area contributed by atoms with Gasteiger partial charge in [-0.1, -0.05) is 0 Å². The normalized spacial score (nSPS) is 30.0. The third-order valence-electron chi connectivity index (χ3n) is 2.45. The first kappa shape index (κ1) is 10.4. The summed E-state index contributed by atoms with van der Waals surface area (Å²) in [5, 5.41) is 8.55. The van der Waals surface area contributed by atoms with Gasteiger partial charge in [-0.15, -0.1) is 11.8 Å². The number of rotatable bonds is 2. The van der Waals surface area contributed by atoms with E-state index in [2.05, 4.69) is 0 Å². The second-order valence-corrected chi connectivity index (χ2v) is 4.43. The number of carboxylic acid groups (broad SMARTS) is 1. The zero-order valence-corrected chi connectivity index (χ0v) is 8.46. The van der Waals surface area contributed by atoms with Crippen LogP contribution >= 0.6 is 11.8 Å². The highest BCUT2D eigenvalue weighted by atomic mass is 32.2. The third-order valence-corrected chi connectivity index (χ3v) is 3.81. The van der Waals surface area contributed by atoms with Crippen LogP contribution in [0.1, 0.15) is 0 Å². The molecular formula is C8H9FN2O3S. The van der Waals surface area contributed by atoms with Gasteiger partial charge in [0.1, 0.15) is 23.8 Å². The monoisotopic (exact) mass is 232 g/mol. The number of amides is 1. The summed E-state index contributed by atoms with van der Waals surface area (Å²) in [5.41, 5.74) is 5.42. The van der Waals surface area contributed by atoms with Crippen LogP contribution in [0.25, 0.3) is 0 Å². The fourth-order valence-corrected chi connectivity index (χ4v) is 2.95. The number of carboxylic acids is 1. The zero-order chi connectivity index (χ0) is 11.2. The van der Waals surface area contributed by atoms with Crippen molar-refractivity contribution in [3.8, 4) is 0 Å². The minimum absolute atomic E-state index is 0.143. The molecule has 1 amide bonds. The molecule has 2 heterocycles. The molecule has 2 atom stereocenters. The minimum Gasteiger partial charge on any atom is -0.477 e. The van der Waals surface area contributed by atoms with Gasteiger partial charge in [0.2, 0.25) is 5.91 Å². The molecule has 5 nitrogen and oxygen atoms in total. The van der Waals surface area contributed by atoms with Crippen molar-refractivity contribution in [3.05, 3.63) is 11.3 Å². The lowest BCUT2D eigenvalue weighted by Crippen LogP contribution is -2.68. The molecule has 7 heteroatoms. The Kier molecular flexibility index (Phi) is 2.43. The number of alkyl halides is 1. The number of hydrogen-bond donors (Lipinski definition) is 2. The van der Waals surface area contributed by atoms with Gasteiger partial charge in [-0.2, -0.15) is 0 Å². The number of nitrogens with zero attached hydrogens (tertiary/aromatic N) is 1. The fraction of sp³-hybridized carbons (Fsp3) is 0.500. The fourth-order valence-electron chi connectivity index (χ4n) is 1.68. The molecule has 2 aliphatic heterocycles. The number of aliphatic carboxylic acids is 1. The lowest BCUT2D eigenvalue weighted by molar-refractivity contribution is -0.148. The van der Waals surface area contributed by atoms with Crippen molar-refractivity contribution in [2.45, 2.75) is 11.4 Å². The summed E-state index contributed by atoms with van der Waals surface area (Å²) >= 11 is 1.30. The summed E-state index contributed by atoms with van der Waals surface area (Å²) in [6.07, 6.45) is 0. The number of halogens is 1. The quantitative estimate of drug-likeness (QED) is 0.629.